The molecule has 1 spiro atoms. The minimum absolute atomic E-state index is 0.0460. The molecule has 0 aromatic carbocycles. The second-order valence-electron chi connectivity index (χ2n) is 5.56. The van der Waals surface area contributed by atoms with Crippen LogP contribution < -0.4 is 0 Å². The SMILES string of the molecule is CN1CC2(COCCN(Cc3cccs3)C2)OCC1=O. The molecule has 2 saturated heterocycles. The zero-order valence-electron chi connectivity index (χ0n) is 11.7. The maximum Gasteiger partial charge on any atom is 0.248 e. The first-order chi connectivity index (χ1) is 9.67. The third-order valence-corrected chi connectivity index (χ3v) is 4.70. The average molecular weight is 296 g/mol. The van der Waals surface area contributed by atoms with E-state index in [2.05, 4.69) is 22.4 Å². The lowest BCUT2D eigenvalue weighted by atomic mass is 10.0. The summed E-state index contributed by atoms with van der Waals surface area (Å²) in [5.74, 6) is 0.0460. The summed E-state index contributed by atoms with van der Waals surface area (Å²) in [7, 11) is 1.83. The highest BCUT2D eigenvalue weighted by molar-refractivity contribution is 7.09. The minimum atomic E-state index is -0.379. The second kappa shape index (κ2) is 5.81. The Hall–Kier alpha value is -0.950. The van der Waals surface area contributed by atoms with E-state index in [0.29, 0.717) is 19.8 Å². The zero-order valence-corrected chi connectivity index (χ0v) is 12.5. The predicted octanol–water partition coefficient (Wildman–Crippen LogP) is 0.808. The first-order valence-electron chi connectivity index (χ1n) is 6.87. The van der Waals surface area contributed by atoms with Gasteiger partial charge in [-0.05, 0) is 11.4 Å². The molecule has 0 aliphatic carbocycles. The number of carbonyl (C=O) groups is 1. The molecule has 1 aromatic rings. The van der Waals surface area contributed by atoms with Crippen LogP contribution in [0.3, 0.4) is 0 Å². The predicted molar refractivity (Wildman–Crippen MR) is 76.7 cm³/mol. The molecule has 3 rings (SSSR count). The second-order valence-corrected chi connectivity index (χ2v) is 6.60. The van der Waals surface area contributed by atoms with E-state index in [1.54, 1.807) is 16.2 Å². The fraction of sp³-hybridized carbons (Fsp3) is 0.643. The lowest BCUT2D eigenvalue weighted by Crippen LogP contribution is -2.59. The Kier molecular flexibility index (Phi) is 4.07. The Bertz CT molecular complexity index is 465. The van der Waals surface area contributed by atoms with Gasteiger partial charge in [-0.3, -0.25) is 9.69 Å². The van der Waals surface area contributed by atoms with Crippen molar-refractivity contribution in [3.8, 4) is 0 Å². The van der Waals surface area contributed by atoms with Gasteiger partial charge in [0.2, 0.25) is 5.91 Å². The molecule has 0 radical (unpaired) electrons. The highest BCUT2D eigenvalue weighted by Crippen LogP contribution is 2.24. The fourth-order valence-electron chi connectivity index (χ4n) is 2.82. The van der Waals surface area contributed by atoms with Crippen molar-refractivity contribution in [2.24, 2.45) is 0 Å². The topological polar surface area (TPSA) is 42.0 Å². The normalized spacial score (nSPS) is 28.9. The number of carbonyl (C=O) groups excluding carboxylic acids is 1. The smallest absolute Gasteiger partial charge is 0.248 e. The third kappa shape index (κ3) is 3.03. The van der Waals surface area contributed by atoms with E-state index in [0.717, 1.165) is 19.6 Å². The molecule has 1 amide bonds. The van der Waals surface area contributed by atoms with Crippen LogP contribution in [0.25, 0.3) is 0 Å². The summed E-state index contributed by atoms with van der Waals surface area (Å²) in [5.41, 5.74) is -0.379. The van der Waals surface area contributed by atoms with Crippen molar-refractivity contribution in [1.82, 2.24) is 9.80 Å². The van der Waals surface area contributed by atoms with Crippen LogP contribution in [0.5, 0.6) is 0 Å². The van der Waals surface area contributed by atoms with Gasteiger partial charge in [0.15, 0.2) is 0 Å². The summed E-state index contributed by atoms with van der Waals surface area (Å²) in [4.78, 5) is 17.1. The Morgan fingerprint density at radius 2 is 2.35 bits per heavy atom. The van der Waals surface area contributed by atoms with Crippen LogP contribution in [0.15, 0.2) is 17.5 Å². The summed E-state index contributed by atoms with van der Waals surface area (Å²) in [6, 6.07) is 4.23. The molecule has 20 heavy (non-hydrogen) atoms. The first-order valence-corrected chi connectivity index (χ1v) is 7.75. The highest BCUT2D eigenvalue weighted by atomic mass is 32.1. The molecular formula is C14H20N2O3S. The van der Waals surface area contributed by atoms with Crippen molar-refractivity contribution >= 4 is 17.2 Å². The van der Waals surface area contributed by atoms with Crippen LogP contribution in [0, 0.1) is 0 Å². The number of amides is 1. The summed E-state index contributed by atoms with van der Waals surface area (Å²) >= 11 is 1.77. The number of nitrogens with zero attached hydrogens (tertiary/aromatic N) is 2. The average Bonchev–Trinajstić information content (AvgIpc) is 2.85. The van der Waals surface area contributed by atoms with Crippen molar-refractivity contribution in [2.45, 2.75) is 12.1 Å². The zero-order chi connectivity index (χ0) is 14.0. The van der Waals surface area contributed by atoms with Gasteiger partial charge in [0, 0.05) is 31.6 Å². The summed E-state index contributed by atoms with van der Waals surface area (Å²) < 4.78 is 11.6. The van der Waals surface area contributed by atoms with Crippen molar-refractivity contribution < 1.29 is 14.3 Å². The van der Waals surface area contributed by atoms with E-state index in [1.807, 2.05) is 7.05 Å². The number of hydrogen-bond acceptors (Lipinski definition) is 5. The van der Waals surface area contributed by atoms with Gasteiger partial charge in [0.25, 0.3) is 0 Å². The number of morpholine rings is 1. The largest absolute Gasteiger partial charge is 0.377 e. The number of likely N-dealkylation sites (N-methyl/N-ethyl adjacent to an activating group) is 1. The van der Waals surface area contributed by atoms with Gasteiger partial charge in [-0.25, -0.2) is 0 Å². The van der Waals surface area contributed by atoms with Crippen LogP contribution in [0.4, 0.5) is 0 Å². The third-order valence-electron chi connectivity index (χ3n) is 3.84. The summed E-state index contributed by atoms with van der Waals surface area (Å²) in [6.07, 6.45) is 0. The summed E-state index contributed by atoms with van der Waals surface area (Å²) in [5, 5.41) is 2.10. The fourth-order valence-corrected chi connectivity index (χ4v) is 3.56. The molecule has 2 fully saturated rings. The Labute approximate surface area is 123 Å². The van der Waals surface area contributed by atoms with Gasteiger partial charge >= 0.3 is 0 Å². The molecule has 1 atom stereocenters. The van der Waals surface area contributed by atoms with Crippen LogP contribution in [-0.4, -0.2) is 67.8 Å². The number of rotatable bonds is 2. The first kappa shape index (κ1) is 14.0. The molecule has 6 heteroatoms. The maximum atomic E-state index is 11.6. The van der Waals surface area contributed by atoms with E-state index in [4.69, 9.17) is 9.47 Å². The van der Waals surface area contributed by atoms with Crippen LogP contribution in [0.2, 0.25) is 0 Å². The van der Waals surface area contributed by atoms with E-state index >= 15 is 0 Å². The maximum absolute atomic E-state index is 11.6. The molecule has 1 unspecified atom stereocenters. The molecule has 2 aliphatic rings. The summed E-state index contributed by atoms with van der Waals surface area (Å²) in [6.45, 7) is 4.67. The van der Waals surface area contributed by atoms with Crippen LogP contribution in [0.1, 0.15) is 4.88 Å². The van der Waals surface area contributed by atoms with Gasteiger partial charge < -0.3 is 14.4 Å². The van der Waals surface area contributed by atoms with E-state index in [9.17, 15) is 4.79 Å². The molecule has 1 aromatic heterocycles. The molecule has 3 heterocycles. The molecule has 2 aliphatic heterocycles. The number of hydrogen-bond donors (Lipinski definition) is 0. The van der Waals surface area contributed by atoms with Gasteiger partial charge in [0.1, 0.15) is 12.2 Å². The Balaban J connectivity index is 1.70. The van der Waals surface area contributed by atoms with Gasteiger partial charge in [-0.2, -0.15) is 0 Å². The number of thiophene rings is 1. The van der Waals surface area contributed by atoms with Crippen molar-refractivity contribution in [1.29, 1.82) is 0 Å². The molecule has 0 saturated carbocycles. The number of ether oxygens (including phenoxy) is 2. The lowest BCUT2D eigenvalue weighted by molar-refractivity contribution is -0.170. The molecule has 5 nitrogen and oxygen atoms in total. The Morgan fingerprint density at radius 3 is 3.10 bits per heavy atom. The van der Waals surface area contributed by atoms with Crippen molar-refractivity contribution in [3.05, 3.63) is 22.4 Å². The van der Waals surface area contributed by atoms with E-state index in [-0.39, 0.29) is 18.1 Å². The van der Waals surface area contributed by atoms with Crippen LogP contribution in [-0.2, 0) is 20.8 Å². The molecule has 110 valence electrons. The molecular weight excluding hydrogens is 276 g/mol. The van der Waals surface area contributed by atoms with Gasteiger partial charge in [-0.15, -0.1) is 11.3 Å². The monoisotopic (exact) mass is 296 g/mol. The van der Waals surface area contributed by atoms with Crippen molar-refractivity contribution in [3.63, 3.8) is 0 Å². The van der Waals surface area contributed by atoms with Gasteiger partial charge in [0.05, 0.1) is 19.8 Å². The quantitative estimate of drug-likeness (QED) is 0.810. The molecule has 0 bridgehead atoms. The van der Waals surface area contributed by atoms with Gasteiger partial charge in [-0.1, -0.05) is 6.07 Å². The molecule has 0 N–H and O–H groups in total. The minimum Gasteiger partial charge on any atom is -0.377 e. The Morgan fingerprint density at radius 1 is 1.45 bits per heavy atom. The highest BCUT2D eigenvalue weighted by Gasteiger charge is 2.41. The van der Waals surface area contributed by atoms with E-state index < -0.39 is 0 Å². The van der Waals surface area contributed by atoms with E-state index in [1.165, 1.54) is 4.88 Å². The van der Waals surface area contributed by atoms with Crippen molar-refractivity contribution in [2.75, 3.05) is 46.5 Å². The standard InChI is InChI=1S/C14H20N2O3S/c1-15-9-14(19-8-13(15)17)10-16(4-5-18-11-14)7-12-3-2-6-20-12/h2-3,6H,4-5,7-11H2,1H3. The van der Waals surface area contributed by atoms with Crippen LogP contribution >= 0.6 is 11.3 Å². The lowest BCUT2D eigenvalue weighted by Gasteiger charge is -2.41.